The minimum absolute atomic E-state index is 0.432. The molecule has 13 heavy (non-hydrogen) atoms. The number of hydrogen-bond acceptors (Lipinski definition) is 1. The molecule has 2 aliphatic rings. The Kier molecular flexibility index (Phi) is 1.27. The summed E-state index contributed by atoms with van der Waals surface area (Å²) in [6.45, 7) is 0. The van der Waals surface area contributed by atoms with Crippen molar-refractivity contribution >= 4 is 0 Å². The van der Waals surface area contributed by atoms with Crippen molar-refractivity contribution < 1.29 is 4.73 Å². The highest BCUT2D eigenvalue weighted by atomic mass is 16.5. The van der Waals surface area contributed by atoms with Gasteiger partial charge in [0.15, 0.2) is 11.9 Å². The van der Waals surface area contributed by atoms with Crippen molar-refractivity contribution in [1.82, 2.24) is 0 Å². The van der Waals surface area contributed by atoms with E-state index in [4.69, 9.17) is 0 Å². The van der Waals surface area contributed by atoms with E-state index in [1.54, 1.807) is 6.20 Å². The summed E-state index contributed by atoms with van der Waals surface area (Å²) in [5.74, 6) is 0. The van der Waals surface area contributed by atoms with Gasteiger partial charge in [-0.15, -0.1) is 0 Å². The first-order chi connectivity index (χ1) is 6.32. The van der Waals surface area contributed by atoms with Gasteiger partial charge in [-0.1, -0.05) is 0 Å². The summed E-state index contributed by atoms with van der Waals surface area (Å²) in [5, 5.41) is 11.5. The Hall–Kier alpha value is -1.05. The Labute approximate surface area is 77.8 Å². The lowest BCUT2D eigenvalue weighted by atomic mass is 9.83. The third kappa shape index (κ3) is 0.916. The molecule has 1 fully saturated rings. The van der Waals surface area contributed by atoms with Crippen LogP contribution in [-0.4, -0.2) is 0 Å². The van der Waals surface area contributed by atoms with E-state index in [9.17, 15) is 5.21 Å². The highest BCUT2D eigenvalue weighted by Gasteiger charge is 2.48. The van der Waals surface area contributed by atoms with Crippen molar-refractivity contribution in [3.8, 4) is 0 Å². The molecule has 0 N–H and O–H groups in total. The van der Waals surface area contributed by atoms with Crippen LogP contribution in [0.2, 0.25) is 0 Å². The quantitative estimate of drug-likeness (QED) is 0.435. The van der Waals surface area contributed by atoms with E-state index in [0.29, 0.717) is 5.41 Å². The van der Waals surface area contributed by atoms with Gasteiger partial charge in [0.25, 0.3) is 0 Å². The van der Waals surface area contributed by atoms with E-state index >= 15 is 0 Å². The summed E-state index contributed by atoms with van der Waals surface area (Å²) < 4.78 is 1.06. The molecule has 0 aromatic carbocycles. The van der Waals surface area contributed by atoms with Crippen molar-refractivity contribution in [3.63, 3.8) is 0 Å². The average molecular weight is 175 g/mol. The average Bonchev–Trinajstić information content (AvgIpc) is 2.89. The molecule has 0 amide bonds. The predicted octanol–water partition coefficient (Wildman–Crippen LogP) is 1.69. The zero-order valence-electron chi connectivity index (χ0n) is 7.62. The fourth-order valence-electron chi connectivity index (χ4n) is 2.65. The molecule has 3 rings (SSSR count). The van der Waals surface area contributed by atoms with Crippen LogP contribution in [0.4, 0.5) is 0 Å². The zero-order chi connectivity index (χ0) is 8.89. The second-order valence-electron chi connectivity index (χ2n) is 4.33. The number of hydrogen-bond donors (Lipinski definition) is 0. The highest BCUT2D eigenvalue weighted by Crippen LogP contribution is 2.54. The van der Waals surface area contributed by atoms with Crippen molar-refractivity contribution in [2.45, 2.75) is 37.5 Å². The van der Waals surface area contributed by atoms with Crippen LogP contribution in [0.1, 0.15) is 36.9 Å². The van der Waals surface area contributed by atoms with Crippen LogP contribution in [-0.2, 0) is 11.8 Å². The second kappa shape index (κ2) is 2.25. The van der Waals surface area contributed by atoms with E-state index in [0.717, 1.165) is 16.8 Å². The van der Waals surface area contributed by atoms with Gasteiger partial charge in [0.2, 0.25) is 0 Å². The van der Waals surface area contributed by atoms with Gasteiger partial charge in [-0.3, -0.25) is 0 Å². The van der Waals surface area contributed by atoms with Crippen LogP contribution in [0, 0.1) is 5.21 Å². The fraction of sp³-hybridized carbons (Fsp3) is 0.545. The Morgan fingerprint density at radius 3 is 2.92 bits per heavy atom. The van der Waals surface area contributed by atoms with E-state index < -0.39 is 0 Å². The molecule has 2 aliphatic carbocycles. The number of nitrogens with zero attached hydrogens (tertiary/aromatic N) is 1. The van der Waals surface area contributed by atoms with Gasteiger partial charge in [-0.25, -0.2) is 0 Å². The van der Waals surface area contributed by atoms with E-state index in [2.05, 4.69) is 6.07 Å². The molecule has 0 radical (unpaired) electrons. The molecular weight excluding hydrogens is 162 g/mol. The molecule has 0 saturated heterocycles. The lowest BCUT2D eigenvalue weighted by Crippen LogP contribution is -2.36. The smallest absolute Gasteiger partial charge is 0.196 e. The minimum atomic E-state index is 0.432. The van der Waals surface area contributed by atoms with Crippen LogP contribution in [0.3, 0.4) is 0 Å². The number of aromatic nitrogens is 1. The largest absolute Gasteiger partial charge is 0.618 e. The molecule has 1 saturated carbocycles. The Bertz CT molecular complexity index is 355. The topological polar surface area (TPSA) is 26.9 Å². The molecule has 68 valence electrons. The maximum Gasteiger partial charge on any atom is 0.196 e. The Balaban J connectivity index is 2.19. The van der Waals surface area contributed by atoms with Crippen LogP contribution in [0.15, 0.2) is 18.3 Å². The van der Waals surface area contributed by atoms with Crippen molar-refractivity contribution in [2.75, 3.05) is 0 Å². The van der Waals surface area contributed by atoms with Crippen molar-refractivity contribution in [1.29, 1.82) is 0 Å². The van der Waals surface area contributed by atoms with Gasteiger partial charge in [0.05, 0.1) is 0 Å². The monoisotopic (exact) mass is 175 g/mol. The number of rotatable bonds is 0. The summed E-state index contributed by atoms with van der Waals surface area (Å²) in [6, 6.07) is 4.03. The molecule has 2 nitrogen and oxygen atoms in total. The van der Waals surface area contributed by atoms with Gasteiger partial charge < -0.3 is 5.21 Å². The van der Waals surface area contributed by atoms with Gasteiger partial charge in [0.1, 0.15) is 0 Å². The first-order valence-electron chi connectivity index (χ1n) is 5.03. The molecule has 1 aromatic rings. The van der Waals surface area contributed by atoms with Gasteiger partial charge >= 0.3 is 0 Å². The van der Waals surface area contributed by atoms with Crippen LogP contribution in [0.5, 0.6) is 0 Å². The predicted molar refractivity (Wildman–Crippen MR) is 49.3 cm³/mol. The van der Waals surface area contributed by atoms with E-state index in [-0.39, 0.29) is 0 Å². The molecule has 1 heterocycles. The number of pyridine rings is 1. The van der Waals surface area contributed by atoms with Crippen LogP contribution >= 0.6 is 0 Å². The lowest BCUT2D eigenvalue weighted by molar-refractivity contribution is -0.615. The van der Waals surface area contributed by atoms with E-state index in [1.165, 1.54) is 31.2 Å². The summed E-state index contributed by atoms with van der Waals surface area (Å²) in [6.07, 6.45) is 7.68. The second-order valence-corrected chi connectivity index (χ2v) is 4.33. The SMILES string of the molecule is [O-][n+]1cccc2c1CCCC21CC1. The molecule has 0 bridgehead atoms. The molecule has 0 aliphatic heterocycles. The maximum absolute atomic E-state index is 11.5. The van der Waals surface area contributed by atoms with Gasteiger partial charge in [0, 0.05) is 23.5 Å². The van der Waals surface area contributed by atoms with Crippen LogP contribution < -0.4 is 4.73 Å². The summed E-state index contributed by atoms with van der Waals surface area (Å²) >= 11 is 0. The third-order valence-corrected chi connectivity index (χ3v) is 3.56. The van der Waals surface area contributed by atoms with E-state index in [1.807, 2.05) is 6.07 Å². The van der Waals surface area contributed by atoms with Crippen molar-refractivity contribution in [3.05, 3.63) is 34.8 Å². The highest BCUT2D eigenvalue weighted by molar-refractivity contribution is 5.34. The van der Waals surface area contributed by atoms with Crippen molar-refractivity contribution in [2.24, 2.45) is 0 Å². The fourth-order valence-corrected chi connectivity index (χ4v) is 2.65. The summed E-state index contributed by atoms with van der Waals surface area (Å²) in [5.41, 5.74) is 2.81. The van der Waals surface area contributed by atoms with Crippen LogP contribution in [0.25, 0.3) is 0 Å². The minimum Gasteiger partial charge on any atom is -0.618 e. The number of fused-ring (bicyclic) bond motifs is 2. The third-order valence-electron chi connectivity index (χ3n) is 3.56. The summed E-state index contributed by atoms with van der Waals surface area (Å²) in [7, 11) is 0. The molecular formula is C11H13NO. The zero-order valence-corrected chi connectivity index (χ0v) is 7.62. The van der Waals surface area contributed by atoms with Gasteiger partial charge in [-0.2, -0.15) is 4.73 Å². The Morgan fingerprint density at radius 1 is 1.31 bits per heavy atom. The molecule has 0 unspecified atom stereocenters. The molecule has 1 spiro atoms. The standard InChI is InChI=1S/C11H13NO/c13-12-8-2-3-9-10(12)4-1-5-11(9)6-7-11/h2-3,8H,1,4-7H2. The molecule has 1 aromatic heterocycles. The normalized spacial score (nSPS) is 22.8. The summed E-state index contributed by atoms with van der Waals surface area (Å²) in [4.78, 5) is 0. The lowest BCUT2D eigenvalue weighted by Gasteiger charge is -2.22. The van der Waals surface area contributed by atoms with Gasteiger partial charge in [-0.05, 0) is 31.7 Å². The first-order valence-corrected chi connectivity index (χ1v) is 5.03. The maximum atomic E-state index is 11.5. The Morgan fingerprint density at radius 2 is 2.15 bits per heavy atom. The molecule has 0 atom stereocenters. The first kappa shape index (κ1) is 7.36. The molecule has 2 heteroatoms.